The van der Waals surface area contributed by atoms with E-state index < -0.39 is 6.04 Å². The third-order valence-corrected chi connectivity index (χ3v) is 7.13. The molecule has 2 aliphatic rings. The Hall–Kier alpha value is -3.29. The summed E-state index contributed by atoms with van der Waals surface area (Å²) in [7, 11) is 0. The number of amides is 1. The van der Waals surface area contributed by atoms with Gasteiger partial charge >= 0.3 is 0 Å². The molecule has 2 aliphatic heterocycles. The number of aliphatic hydroxyl groups excluding tert-OH is 1. The average Bonchev–Trinajstić information content (AvgIpc) is 3.38. The van der Waals surface area contributed by atoms with Gasteiger partial charge in [0.2, 0.25) is 5.91 Å². The number of nitrogens with one attached hydrogen (secondary N) is 1. The van der Waals surface area contributed by atoms with Crippen LogP contribution in [0.5, 0.6) is 0 Å². The monoisotopic (exact) mass is 444 g/mol. The third kappa shape index (κ3) is 3.67. The lowest BCUT2D eigenvalue weighted by atomic mass is 9.88. The van der Waals surface area contributed by atoms with Crippen LogP contribution in [-0.2, 0) is 17.9 Å². The molecule has 2 N–H and O–H groups in total. The second-order valence-corrected chi connectivity index (χ2v) is 8.76. The number of aliphatic hydroxyl groups is 1. The maximum absolute atomic E-state index is 13.3. The van der Waals surface area contributed by atoms with Gasteiger partial charge in [0, 0.05) is 55.2 Å². The van der Waals surface area contributed by atoms with Crippen molar-refractivity contribution in [3.8, 4) is 11.1 Å². The van der Waals surface area contributed by atoms with Gasteiger partial charge in [-0.2, -0.15) is 0 Å². The Bertz CT molecular complexity index is 1200. The van der Waals surface area contributed by atoms with Crippen LogP contribution in [0.2, 0.25) is 0 Å². The Morgan fingerprint density at radius 2 is 1.88 bits per heavy atom. The molecule has 1 saturated heterocycles. The number of carbonyl (C=O) groups excluding carboxylic acids is 1. The summed E-state index contributed by atoms with van der Waals surface area (Å²) >= 11 is 0. The van der Waals surface area contributed by atoms with Crippen LogP contribution in [0, 0.1) is 11.8 Å². The highest BCUT2D eigenvalue weighted by atomic mass is 16.3. The first-order chi connectivity index (χ1) is 16.1. The number of likely N-dealkylation sites (N-methyl/N-ethyl adjacent to an activating group) is 1. The quantitative estimate of drug-likeness (QED) is 0.609. The Kier molecular flexibility index (Phi) is 5.83. The molecular formula is C26H28N4O3. The van der Waals surface area contributed by atoms with Gasteiger partial charge in [0.25, 0.3) is 5.56 Å². The molecule has 4 atom stereocenters. The normalized spacial score (nSPS) is 23.8. The van der Waals surface area contributed by atoms with E-state index in [-0.39, 0.29) is 36.0 Å². The first-order valence-corrected chi connectivity index (χ1v) is 11.5. The van der Waals surface area contributed by atoms with Gasteiger partial charge in [-0.15, -0.1) is 0 Å². The summed E-state index contributed by atoms with van der Waals surface area (Å²) in [6, 6.07) is 16.9. The summed E-state index contributed by atoms with van der Waals surface area (Å²) < 4.78 is 1.83. The number of aromatic nitrogens is 2. The molecule has 4 heterocycles. The van der Waals surface area contributed by atoms with Gasteiger partial charge in [0.15, 0.2) is 0 Å². The number of nitrogens with zero attached hydrogens (tertiary/aromatic N) is 3. The van der Waals surface area contributed by atoms with Gasteiger partial charge in [-0.3, -0.25) is 19.5 Å². The minimum atomic E-state index is -0.428. The molecule has 5 rings (SSSR count). The largest absolute Gasteiger partial charge is 0.396 e. The van der Waals surface area contributed by atoms with E-state index in [1.807, 2.05) is 66.1 Å². The van der Waals surface area contributed by atoms with Crippen molar-refractivity contribution >= 4 is 5.91 Å². The molecule has 1 aromatic carbocycles. The van der Waals surface area contributed by atoms with Crippen LogP contribution in [0.1, 0.15) is 24.2 Å². The zero-order valence-corrected chi connectivity index (χ0v) is 18.6. The number of rotatable bonds is 6. The van der Waals surface area contributed by atoms with Crippen molar-refractivity contribution in [2.75, 3.05) is 13.2 Å². The maximum Gasteiger partial charge on any atom is 0.258 e. The Morgan fingerprint density at radius 1 is 1.12 bits per heavy atom. The molecular weight excluding hydrogens is 416 g/mol. The van der Waals surface area contributed by atoms with E-state index >= 15 is 0 Å². The van der Waals surface area contributed by atoms with Gasteiger partial charge in [-0.25, -0.2) is 0 Å². The van der Waals surface area contributed by atoms with Gasteiger partial charge in [-0.05, 0) is 41.9 Å². The minimum absolute atomic E-state index is 0.00261. The number of fused-ring (bicyclic) bond motifs is 3. The first kappa shape index (κ1) is 21.6. The van der Waals surface area contributed by atoms with Crippen LogP contribution in [-0.4, -0.2) is 44.7 Å². The van der Waals surface area contributed by atoms with Crippen LogP contribution in [0.25, 0.3) is 11.1 Å². The lowest BCUT2D eigenvalue weighted by molar-refractivity contribution is -0.127. The smallest absolute Gasteiger partial charge is 0.258 e. The highest BCUT2D eigenvalue weighted by molar-refractivity contribution is 5.82. The van der Waals surface area contributed by atoms with E-state index in [9.17, 15) is 14.7 Å². The van der Waals surface area contributed by atoms with E-state index in [1.165, 1.54) is 0 Å². The first-order valence-electron chi connectivity index (χ1n) is 11.5. The van der Waals surface area contributed by atoms with Crippen molar-refractivity contribution in [1.82, 2.24) is 19.8 Å². The Labute approximate surface area is 192 Å². The molecule has 0 bridgehead atoms. The highest BCUT2D eigenvalue weighted by Crippen LogP contribution is 2.49. The zero-order valence-electron chi connectivity index (χ0n) is 18.6. The Balaban J connectivity index is 1.44. The van der Waals surface area contributed by atoms with Crippen LogP contribution >= 0.6 is 0 Å². The third-order valence-electron chi connectivity index (χ3n) is 7.13. The summed E-state index contributed by atoms with van der Waals surface area (Å²) in [5.74, 6) is -0.311. The predicted octanol–water partition coefficient (Wildman–Crippen LogP) is 2.21. The standard InChI is InChI=1S/C26H28N4O3/c1-2-29-23-20(21(16-31)24(29)25(32)28-14-17-6-4-3-5-7-17)15-30-22(23)9-8-19(26(30)33)18-10-12-27-13-11-18/h3-13,20-21,23-24,31H,2,14-16H2,1H3,(H,28,32)/t20-,21-,23+,24-/m0/s1. The van der Waals surface area contributed by atoms with Crippen LogP contribution in [0.3, 0.4) is 0 Å². The molecule has 0 radical (unpaired) electrons. The average molecular weight is 445 g/mol. The number of hydrogen-bond acceptors (Lipinski definition) is 5. The van der Waals surface area contributed by atoms with E-state index in [4.69, 9.17) is 0 Å². The van der Waals surface area contributed by atoms with E-state index in [0.717, 1.165) is 16.8 Å². The number of hydrogen-bond donors (Lipinski definition) is 2. The number of pyridine rings is 2. The SMILES string of the molecule is CCN1[C@H](C(=O)NCc2ccccc2)[C@@H](CO)[C@@H]2Cn3c(ccc(-c4ccncc4)c3=O)[C@@H]21. The molecule has 0 aliphatic carbocycles. The molecule has 3 aromatic rings. The lowest BCUT2D eigenvalue weighted by Gasteiger charge is -2.29. The van der Waals surface area contributed by atoms with Crippen LogP contribution in [0.15, 0.2) is 71.8 Å². The molecule has 1 fully saturated rings. The topological polar surface area (TPSA) is 87.5 Å². The van der Waals surface area contributed by atoms with Crippen molar-refractivity contribution in [2.45, 2.75) is 32.1 Å². The van der Waals surface area contributed by atoms with E-state index in [1.54, 1.807) is 12.4 Å². The van der Waals surface area contributed by atoms with Crippen molar-refractivity contribution < 1.29 is 9.90 Å². The molecule has 7 heteroatoms. The van der Waals surface area contributed by atoms with Crippen LogP contribution < -0.4 is 10.9 Å². The molecule has 1 amide bonds. The predicted molar refractivity (Wildman–Crippen MR) is 125 cm³/mol. The lowest BCUT2D eigenvalue weighted by Crippen LogP contribution is -2.48. The molecule has 7 nitrogen and oxygen atoms in total. The van der Waals surface area contributed by atoms with Crippen molar-refractivity contribution in [3.05, 3.63) is 88.6 Å². The highest BCUT2D eigenvalue weighted by Gasteiger charge is 2.54. The second-order valence-electron chi connectivity index (χ2n) is 8.76. The molecule has 2 aromatic heterocycles. The summed E-state index contributed by atoms with van der Waals surface area (Å²) in [6.07, 6.45) is 3.36. The number of benzene rings is 1. The summed E-state index contributed by atoms with van der Waals surface area (Å²) in [5.41, 5.74) is 3.40. The van der Waals surface area contributed by atoms with Crippen molar-refractivity contribution in [1.29, 1.82) is 0 Å². The molecule has 0 spiro atoms. The molecule has 33 heavy (non-hydrogen) atoms. The molecule has 170 valence electrons. The second kappa shape index (κ2) is 8.92. The summed E-state index contributed by atoms with van der Waals surface area (Å²) in [6.45, 7) is 3.54. The molecule has 0 unspecified atom stereocenters. The number of likely N-dealkylation sites (tertiary alicyclic amines) is 1. The van der Waals surface area contributed by atoms with E-state index in [2.05, 4.69) is 15.2 Å². The van der Waals surface area contributed by atoms with Gasteiger partial charge in [0.05, 0.1) is 12.1 Å². The number of carbonyl (C=O) groups is 1. The van der Waals surface area contributed by atoms with Crippen molar-refractivity contribution in [2.24, 2.45) is 11.8 Å². The fraction of sp³-hybridized carbons (Fsp3) is 0.346. The zero-order chi connectivity index (χ0) is 22.9. The fourth-order valence-corrected chi connectivity index (χ4v) is 5.62. The van der Waals surface area contributed by atoms with Crippen LogP contribution in [0.4, 0.5) is 0 Å². The van der Waals surface area contributed by atoms with Gasteiger partial charge in [-0.1, -0.05) is 37.3 Å². The minimum Gasteiger partial charge on any atom is -0.396 e. The van der Waals surface area contributed by atoms with Gasteiger partial charge in [0.1, 0.15) is 0 Å². The van der Waals surface area contributed by atoms with Gasteiger partial charge < -0.3 is 15.0 Å². The van der Waals surface area contributed by atoms with Crippen molar-refractivity contribution in [3.63, 3.8) is 0 Å². The maximum atomic E-state index is 13.3. The molecule has 0 saturated carbocycles. The Morgan fingerprint density at radius 3 is 2.58 bits per heavy atom. The summed E-state index contributed by atoms with van der Waals surface area (Å²) in [5, 5.41) is 13.4. The fourth-order valence-electron chi connectivity index (χ4n) is 5.62. The van der Waals surface area contributed by atoms with E-state index in [0.29, 0.717) is 25.2 Å². The summed E-state index contributed by atoms with van der Waals surface area (Å²) in [4.78, 5) is 32.8.